The van der Waals surface area contributed by atoms with Gasteiger partial charge in [-0.3, -0.25) is 0 Å². The number of benzene rings is 7. The molecule has 0 radical (unpaired) electrons. The second-order valence-electron chi connectivity index (χ2n) is 13.8. The lowest BCUT2D eigenvalue weighted by Crippen LogP contribution is -2.14. The Bertz CT molecular complexity index is 2940. The van der Waals surface area contributed by atoms with Gasteiger partial charge in [0.05, 0.1) is 0 Å². The summed E-state index contributed by atoms with van der Waals surface area (Å²) in [5.74, 6) is -1.27. The monoisotopic (exact) mass is 814 g/mol. The fourth-order valence-electron chi connectivity index (χ4n) is 7.36. The van der Waals surface area contributed by atoms with Gasteiger partial charge in [-0.05, 0) is 91.4 Å². The highest BCUT2D eigenvalue weighted by Crippen LogP contribution is 2.44. The number of nitrogens with zero attached hydrogens (tertiary/aromatic N) is 4. The van der Waals surface area contributed by atoms with Crippen LogP contribution in [0.5, 0.6) is 28.7 Å². The second-order valence-corrected chi connectivity index (χ2v) is 16.8. The smallest absolute Gasteiger partial charge is 0.426 e. The molecule has 0 amide bonds. The highest BCUT2D eigenvalue weighted by molar-refractivity contribution is 7.87. The van der Waals surface area contributed by atoms with E-state index < -0.39 is 37.7 Å². The number of hydrogen-bond donors (Lipinski definition) is 3. The van der Waals surface area contributed by atoms with Crippen molar-refractivity contribution in [3.05, 3.63) is 158 Å². The molecule has 7 rings (SSSR count). The van der Waals surface area contributed by atoms with Crippen molar-refractivity contribution in [3.8, 4) is 28.7 Å². The van der Waals surface area contributed by atoms with Gasteiger partial charge in [-0.15, -0.1) is 0 Å². The molecule has 0 unspecified atom stereocenters. The third-order valence-corrected chi connectivity index (χ3v) is 12.5. The summed E-state index contributed by atoms with van der Waals surface area (Å²) in [5.41, 5.74) is 3.46. The SMILES string of the molecule is Cc1cc(C(c2cc(C)c(OS(=O)(=O)c3cccc4c(O)c([N+]#N)ccc34)c(C)c2)c2ccccc2O)cc(C)c1OS(=O)(=O)c1cccc2c(O)c([N+]#N)ccc12. The van der Waals surface area contributed by atoms with Crippen molar-refractivity contribution < 1.29 is 40.5 Å². The van der Waals surface area contributed by atoms with Gasteiger partial charge in [0.15, 0.2) is 9.95 Å². The van der Waals surface area contributed by atoms with E-state index in [1.54, 1.807) is 76.2 Å². The number of rotatable bonds is 9. The van der Waals surface area contributed by atoms with E-state index in [2.05, 4.69) is 9.95 Å². The normalized spacial score (nSPS) is 11.7. The van der Waals surface area contributed by atoms with Gasteiger partial charge in [0.1, 0.15) is 27.0 Å². The average Bonchev–Trinajstić information content (AvgIpc) is 3.18. The highest BCUT2D eigenvalue weighted by atomic mass is 32.2. The Labute approximate surface area is 333 Å². The van der Waals surface area contributed by atoms with Gasteiger partial charge in [-0.1, -0.05) is 66.7 Å². The van der Waals surface area contributed by atoms with Crippen molar-refractivity contribution in [2.24, 2.45) is 0 Å². The van der Waals surface area contributed by atoms with E-state index >= 15 is 0 Å². The molecule has 58 heavy (non-hydrogen) atoms. The maximum absolute atomic E-state index is 13.8. The van der Waals surface area contributed by atoms with Gasteiger partial charge < -0.3 is 23.7 Å². The molecule has 0 aliphatic rings. The maximum Gasteiger partial charge on any atom is 0.426 e. The molecular formula is C43H34N4O9S2+2. The molecule has 0 atom stereocenters. The number of para-hydroxylation sites is 1. The molecule has 7 aromatic rings. The minimum atomic E-state index is -4.47. The van der Waals surface area contributed by atoms with Crippen molar-refractivity contribution in [1.29, 1.82) is 10.8 Å². The molecule has 0 fully saturated rings. The third-order valence-electron chi connectivity index (χ3n) is 9.96. The predicted molar refractivity (Wildman–Crippen MR) is 217 cm³/mol. The Morgan fingerprint density at radius 2 is 0.914 bits per heavy atom. The zero-order valence-corrected chi connectivity index (χ0v) is 33.0. The van der Waals surface area contributed by atoms with Crippen LogP contribution >= 0.6 is 0 Å². The van der Waals surface area contributed by atoms with Crippen LogP contribution in [0.1, 0.15) is 44.9 Å². The zero-order chi connectivity index (χ0) is 41.7. The Hall–Kier alpha value is -7.20. The van der Waals surface area contributed by atoms with Gasteiger partial charge in [-0.2, -0.15) is 16.8 Å². The predicted octanol–water partition coefficient (Wildman–Crippen LogP) is 10.0. The van der Waals surface area contributed by atoms with E-state index in [1.165, 1.54) is 60.7 Å². The van der Waals surface area contributed by atoms with Crippen LogP contribution in [0.4, 0.5) is 11.4 Å². The molecule has 7 aromatic carbocycles. The van der Waals surface area contributed by atoms with E-state index in [0.717, 1.165) is 0 Å². The summed E-state index contributed by atoms with van der Waals surface area (Å²) >= 11 is 0. The average molecular weight is 815 g/mol. The first-order valence-corrected chi connectivity index (χ1v) is 20.5. The lowest BCUT2D eigenvalue weighted by Gasteiger charge is -2.24. The van der Waals surface area contributed by atoms with Crippen LogP contribution in [-0.2, 0) is 20.2 Å². The number of hydrogen-bond acceptors (Lipinski definition) is 11. The summed E-state index contributed by atoms with van der Waals surface area (Å²) < 4.78 is 66.8. The standard InChI is InChI=1S/C43H32N4O9S2/c1-23-19-27(20-24(2)42(23)55-57(51,52)37-13-7-10-31-29(37)15-17-34(46-44)40(31)49)39(33-9-5-6-12-36(33)48)28-21-25(3)43(26(4)22-28)56-58(53,54)38-14-8-11-32-30(38)16-18-35(47-45)41(32)50/h5-22,39H,1-4H3,(H-2,48,49,50)/p+2. The first-order chi connectivity index (χ1) is 27.6. The minimum absolute atomic E-state index is 0.00310. The summed E-state index contributed by atoms with van der Waals surface area (Å²) in [4.78, 5) is 5.66. The molecule has 290 valence electrons. The van der Waals surface area contributed by atoms with Gasteiger partial charge in [-0.25, -0.2) is 0 Å². The molecule has 0 saturated carbocycles. The Balaban J connectivity index is 1.28. The Morgan fingerprint density at radius 3 is 1.29 bits per heavy atom. The van der Waals surface area contributed by atoms with Crippen molar-refractivity contribution in [3.63, 3.8) is 0 Å². The quantitative estimate of drug-likeness (QED) is 0.0710. The van der Waals surface area contributed by atoms with Gasteiger partial charge in [0, 0.05) is 45.2 Å². The van der Waals surface area contributed by atoms with Crippen LogP contribution in [0.3, 0.4) is 0 Å². The van der Waals surface area contributed by atoms with E-state index in [-0.39, 0.29) is 60.0 Å². The summed E-state index contributed by atoms with van der Waals surface area (Å²) in [5, 5.41) is 51.3. The molecule has 0 aromatic heterocycles. The summed E-state index contributed by atoms with van der Waals surface area (Å²) in [7, 11) is -8.94. The van der Waals surface area contributed by atoms with Crippen molar-refractivity contribution in [2.75, 3.05) is 0 Å². The van der Waals surface area contributed by atoms with Crippen LogP contribution in [0, 0.1) is 38.5 Å². The topological polar surface area (TPSA) is 204 Å². The largest absolute Gasteiger partial charge is 0.508 e. The van der Waals surface area contributed by atoms with Crippen LogP contribution in [0.15, 0.2) is 119 Å². The van der Waals surface area contributed by atoms with Gasteiger partial charge in [0.2, 0.25) is 22.3 Å². The third kappa shape index (κ3) is 6.83. The number of aryl methyl sites for hydroxylation is 4. The second kappa shape index (κ2) is 14.7. The first-order valence-electron chi connectivity index (χ1n) is 17.6. The molecular weight excluding hydrogens is 781 g/mol. The molecule has 13 nitrogen and oxygen atoms in total. The summed E-state index contributed by atoms with van der Waals surface area (Å²) in [6.45, 7) is 6.77. The lowest BCUT2D eigenvalue weighted by atomic mass is 9.82. The van der Waals surface area contributed by atoms with Gasteiger partial charge >= 0.3 is 31.6 Å². The Kier molecular flexibility index (Phi) is 9.90. The molecule has 0 aliphatic carbocycles. The minimum Gasteiger partial charge on any atom is -0.508 e. The van der Waals surface area contributed by atoms with Crippen LogP contribution in [0.2, 0.25) is 0 Å². The number of phenolic OH excluding ortho intramolecular Hbond substituents is 3. The summed E-state index contributed by atoms with van der Waals surface area (Å²) in [6, 6.07) is 27.7. The first kappa shape index (κ1) is 39.1. The Morgan fingerprint density at radius 1 is 0.517 bits per heavy atom. The van der Waals surface area contributed by atoms with E-state index in [9.17, 15) is 42.9 Å². The molecule has 0 spiro atoms. The molecule has 0 bridgehead atoms. The molecule has 0 aliphatic heterocycles. The highest BCUT2D eigenvalue weighted by Gasteiger charge is 2.29. The number of fused-ring (bicyclic) bond motifs is 2. The maximum atomic E-state index is 13.8. The number of aromatic hydroxyl groups is 3. The molecule has 0 heterocycles. The van der Waals surface area contributed by atoms with E-state index in [1.807, 2.05) is 0 Å². The van der Waals surface area contributed by atoms with E-state index in [0.29, 0.717) is 38.9 Å². The van der Waals surface area contributed by atoms with Crippen LogP contribution in [-0.4, -0.2) is 32.2 Å². The van der Waals surface area contributed by atoms with Crippen molar-refractivity contribution in [2.45, 2.75) is 43.4 Å². The van der Waals surface area contributed by atoms with Gasteiger partial charge in [0.25, 0.3) is 0 Å². The number of phenols is 3. The zero-order valence-electron chi connectivity index (χ0n) is 31.4. The molecule has 15 heteroatoms. The van der Waals surface area contributed by atoms with E-state index in [4.69, 9.17) is 8.37 Å². The van der Waals surface area contributed by atoms with Crippen molar-refractivity contribution >= 4 is 53.2 Å². The van der Waals surface area contributed by atoms with Crippen LogP contribution in [0.25, 0.3) is 31.5 Å². The van der Waals surface area contributed by atoms with Crippen molar-refractivity contribution in [1.82, 2.24) is 0 Å². The lowest BCUT2D eigenvalue weighted by molar-refractivity contribution is 0.467. The fourth-order valence-corrected chi connectivity index (χ4v) is 9.89. The van der Waals surface area contributed by atoms with Crippen LogP contribution < -0.4 is 8.37 Å². The molecule has 3 N–H and O–H groups in total. The number of diazo groups is 2. The molecule has 0 saturated heterocycles. The summed E-state index contributed by atoms with van der Waals surface area (Å²) in [6.07, 6.45) is 0. The fraction of sp³-hybridized carbons (Fsp3) is 0.116.